The molecule has 0 saturated carbocycles. The standard InChI is InChI=1S/C26H23ClN4O2S/c1-2-15-32-20-13-9-18(10-14-20)24-28-22-6-4-3-5-21(22)23-25(33-24)29-26(31-30-23)34-16-17-7-11-19(27)12-8-17/h3-14,24,28H,2,15-16H2,1H3/t24-/m0/s1. The zero-order valence-corrected chi connectivity index (χ0v) is 20.1. The van der Waals surface area contributed by atoms with Gasteiger partial charge in [-0.3, -0.25) is 0 Å². The average Bonchev–Trinajstić information content (AvgIpc) is 3.04. The number of halogens is 1. The third-order valence-electron chi connectivity index (χ3n) is 5.27. The zero-order chi connectivity index (χ0) is 23.3. The largest absolute Gasteiger partial charge is 0.494 e. The van der Waals surface area contributed by atoms with E-state index in [0.717, 1.165) is 34.5 Å². The summed E-state index contributed by atoms with van der Waals surface area (Å²) >= 11 is 7.49. The molecule has 4 aromatic rings. The van der Waals surface area contributed by atoms with Gasteiger partial charge in [-0.2, -0.15) is 4.98 Å². The first kappa shape index (κ1) is 22.5. The highest BCUT2D eigenvalue weighted by molar-refractivity contribution is 7.98. The Morgan fingerprint density at radius 1 is 1.00 bits per heavy atom. The van der Waals surface area contributed by atoms with Crippen LogP contribution in [-0.4, -0.2) is 21.8 Å². The fourth-order valence-corrected chi connectivity index (χ4v) is 4.41. The minimum Gasteiger partial charge on any atom is -0.494 e. The van der Waals surface area contributed by atoms with Crippen LogP contribution in [0.1, 0.15) is 30.7 Å². The number of para-hydroxylation sites is 1. The Kier molecular flexibility index (Phi) is 6.83. The van der Waals surface area contributed by atoms with Crippen LogP contribution in [0.5, 0.6) is 11.6 Å². The number of fused-ring (bicyclic) bond motifs is 3. The summed E-state index contributed by atoms with van der Waals surface area (Å²) in [6.07, 6.45) is 0.529. The van der Waals surface area contributed by atoms with E-state index in [9.17, 15) is 0 Å². The lowest BCUT2D eigenvalue weighted by atomic mass is 10.1. The molecule has 8 heteroatoms. The molecule has 1 aromatic heterocycles. The second kappa shape index (κ2) is 10.3. The van der Waals surface area contributed by atoms with Crippen molar-refractivity contribution in [3.63, 3.8) is 0 Å². The summed E-state index contributed by atoms with van der Waals surface area (Å²) in [6.45, 7) is 2.78. The monoisotopic (exact) mass is 490 g/mol. The van der Waals surface area contributed by atoms with Crippen molar-refractivity contribution in [2.45, 2.75) is 30.5 Å². The van der Waals surface area contributed by atoms with Gasteiger partial charge in [0.05, 0.1) is 6.61 Å². The summed E-state index contributed by atoms with van der Waals surface area (Å²) < 4.78 is 12.1. The molecule has 2 heterocycles. The summed E-state index contributed by atoms with van der Waals surface area (Å²) in [6, 6.07) is 23.6. The molecule has 6 nitrogen and oxygen atoms in total. The molecule has 0 fully saturated rings. The lowest BCUT2D eigenvalue weighted by molar-refractivity contribution is 0.225. The van der Waals surface area contributed by atoms with E-state index in [1.807, 2.05) is 72.8 Å². The van der Waals surface area contributed by atoms with Crippen molar-refractivity contribution < 1.29 is 9.47 Å². The third kappa shape index (κ3) is 5.11. The van der Waals surface area contributed by atoms with Crippen molar-refractivity contribution in [1.82, 2.24) is 15.2 Å². The Morgan fingerprint density at radius 2 is 1.79 bits per heavy atom. The highest BCUT2D eigenvalue weighted by Crippen LogP contribution is 2.39. The van der Waals surface area contributed by atoms with E-state index in [1.165, 1.54) is 11.8 Å². The maximum absolute atomic E-state index is 6.36. The van der Waals surface area contributed by atoms with Crippen molar-refractivity contribution in [1.29, 1.82) is 0 Å². The van der Waals surface area contributed by atoms with Gasteiger partial charge < -0.3 is 14.8 Å². The number of ether oxygens (including phenoxy) is 2. The molecule has 1 atom stereocenters. The number of hydrogen-bond acceptors (Lipinski definition) is 7. The van der Waals surface area contributed by atoms with E-state index in [4.69, 9.17) is 26.1 Å². The predicted molar refractivity (Wildman–Crippen MR) is 135 cm³/mol. The molecule has 0 unspecified atom stereocenters. The first-order valence-electron chi connectivity index (χ1n) is 11.1. The molecule has 0 saturated heterocycles. The van der Waals surface area contributed by atoms with Crippen LogP contribution < -0.4 is 14.8 Å². The van der Waals surface area contributed by atoms with Crippen LogP contribution in [0.15, 0.2) is 78.0 Å². The van der Waals surface area contributed by atoms with Crippen LogP contribution >= 0.6 is 23.4 Å². The van der Waals surface area contributed by atoms with Crippen molar-refractivity contribution in [2.24, 2.45) is 0 Å². The smallest absolute Gasteiger partial charge is 0.247 e. The van der Waals surface area contributed by atoms with Crippen LogP contribution in [0, 0.1) is 0 Å². The molecule has 3 aromatic carbocycles. The maximum Gasteiger partial charge on any atom is 0.247 e. The lowest BCUT2D eigenvalue weighted by Gasteiger charge is -2.19. The van der Waals surface area contributed by atoms with Crippen molar-refractivity contribution in [2.75, 3.05) is 11.9 Å². The summed E-state index contributed by atoms with van der Waals surface area (Å²) in [4.78, 5) is 4.71. The Hall–Kier alpha value is -3.29. The molecule has 5 rings (SSSR count). The number of hydrogen-bond donors (Lipinski definition) is 1. The van der Waals surface area contributed by atoms with Crippen molar-refractivity contribution in [3.8, 4) is 22.9 Å². The molecular weight excluding hydrogens is 468 g/mol. The van der Waals surface area contributed by atoms with Gasteiger partial charge in [0.25, 0.3) is 0 Å². The molecule has 172 valence electrons. The molecule has 1 aliphatic heterocycles. The van der Waals surface area contributed by atoms with E-state index in [2.05, 4.69) is 22.4 Å². The molecule has 1 aliphatic rings. The minimum atomic E-state index is -0.437. The Balaban J connectivity index is 1.42. The Bertz CT molecular complexity index is 1270. The second-order valence-electron chi connectivity index (χ2n) is 7.77. The van der Waals surface area contributed by atoms with Crippen LogP contribution in [0.3, 0.4) is 0 Å². The predicted octanol–water partition coefficient (Wildman–Crippen LogP) is 6.78. The van der Waals surface area contributed by atoms with E-state index < -0.39 is 6.23 Å². The van der Waals surface area contributed by atoms with Gasteiger partial charge in [-0.1, -0.05) is 60.6 Å². The van der Waals surface area contributed by atoms with Gasteiger partial charge in [-0.15, -0.1) is 10.2 Å². The number of rotatable bonds is 7. The molecule has 0 bridgehead atoms. The number of thioether (sulfide) groups is 1. The van der Waals surface area contributed by atoms with Crippen molar-refractivity contribution in [3.05, 3.63) is 88.9 Å². The Morgan fingerprint density at radius 3 is 2.59 bits per heavy atom. The topological polar surface area (TPSA) is 69.2 Å². The minimum absolute atomic E-state index is 0.437. The number of nitrogens with one attached hydrogen (secondary N) is 1. The van der Waals surface area contributed by atoms with E-state index in [-0.39, 0.29) is 0 Å². The number of aromatic nitrogens is 3. The normalized spacial score (nSPS) is 14.2. The summed E-state index contributed by atoms with van der Waals surface area (Å²) in [5.74, 6) is 1.99. The van der Waals surface area contributed by atoms with E-state index >= 15 is 0 Å². The zero-order valence-electron chi connectivity index (χ0n) is 18.6. The summed E-state index contributed by atoms with van der Waals surface area (Å²) in [5, 5.41) is 13.6. The average molecular weight is 491 g/mol. The maximum atomic E-state index is 6.36. The quantitative estimate of drug-likeness (QED) is 0.286. The van der Waals surface area contributed by atoms with Gasteiger partial charge in [0.15, 0.2) is 11.9 Å². The van der Waals surface area contributed by atoms with Gasteiger partial charge >= 0.3 is 0 Å². The molecule has 0 radical (unpaired) electrons. The highest BCUT2D eigenvalue weighted by Gasteiger charge is 2.26. The van der Waals surface area contributed by atoms with Gasteiger partial charge in [0, 0.05) is 27.6 Å². The van der Waals surface area contributed by atoms with Gasteiger partial charge in [-0.25, -0.2) is 0 Å². The highest BCUT2D eigenvalue weighted by atomic mass is 35.5. The third-order valence-corrected chi connectivity index (χ3v) is 6.43. The van der Waals surface area contributed by atoms with Crippen LogP contribution in [0.25, 0.3) is 11.3 Å². The number of nitrogens with zero attached hydrogens (tertiary/aromatic N) is 3. The number of anilines is 1. The SMILES string of the molecule is CCCOc1ccc([C@H]2Nc3ccccc3-c3nnc(SCc4ccc(Cl)cc4)nc3O2)cc1. The second-order valence-corrected chi connectivity index (χ2v) is 9.15. The summed E-state index contributed by atoms with van der Waals surface area (Å²) in [7, 11) is 0. The van der Waals surface area contributed by atoms with Gasteiger partial charge in [-0.05, 0) is 54.4 Å². The molecule has 0 amide bonds. The first-order chi connectivity index (χ1) is 16.7. The van der Waals surface area contributed by atoms with E-state index in [0.29, 0.717) is 34.1 Å². The molecule has 0 aliphatic carbocycles. The number of benzene rings is 3. The summed E-state index contributed by atoms with van der Waals surface area (Å²) in [5.41, 5.74) is 4.52. The fraction of sp³-hybridized carbons (Fsp3) is 0.192. The van der Waals surface area contributed by atoms with E-state index in [1.54, 1.807) is 0 Å². The lowest BCUT2D eigenvalue weighted by Crippen LogP contribution is -2.17. The Labute approximate surface area is 207 Å². The van der Waals surface area contributed by atoms with Crippen LogP contribution in [0.4, 0.5) is 5.69 Å². The van der Waals surface area contributed by atoms with Gasteiger partial charge in [0.2, 0.25) is 11.0 Å². The van der Waals surface area contributed by atoms with Crippen LogP contribution in [0.2, 0.25) is 5.02 Å². The van der Waals surface area contributed by atoms with Crippen molar-refractivity contribution >= 4 is 29.1 Å². The molecule has 34 heavy (non-hydrogen) atoms. The first-order valence-corrected chi connectivity index (χ1v) is 12.4. The fourth-order valence-electron chi connectivity index (χ4n) is 3.55. The van der Waals surface area contributed by atoms with Crippen LogP contribution in [-0.2, 0) is 5.75 Å². The molecule has 0 spiro atoms. The van der Waals surface area contributed by atoms with Gasteiger partial charge in [0.1, 0.15) is 5.75 Å². The molecular formula is C26H23ClN4O2S. The molecule has 1 N–H and O–H groups in total.